The second kappa shape index (κ2) is 18.4. The van der Waals surface area contributed by atoms with Crippen LogP contribution < -0.4 is 25.3 Å². The van der Waals surface area contributed by atoms with Crippen LogP contribution in [0.5, 0.6) is 17.2 Å². The van der Waals surface area contributed by atoms with Crippen molar-refractivity contribution >= 4 is 50.1 Å². The molecule has 14 nitrogen and oxygen atoms in total. The van der Waals surface area contributed by atoms with E-state index in [2.05, 4.69) is 10.3 Å². The number of carboxylic acids is 1. The number of amides is 2. The molecule has 2 atom stereocenters. The number of ether oxygens (including phenoxy) is 4. The number of sulfone groups is 1. The number of alkyl halides is 3. The Morgan fingerprint density at radius 3 is 2.32 bits per heavy atom. The summed E-state index contributed by atoms with van der Waals surface area (Å²) >= 11 is 0. The van der Waals surface area contributed by atoms with E-state index in [1.54, 1.807) is 67.4 Å². The summed E-state index contributed by atoms with van der Waals surface area (Å²) in [6, 6.07) is 16.4. The summed E-state index contributed by atoms with van der Waals surface area (Å²) in [5.74, 6) is -1.34. The zero-order chi connectivity index (χ0) is 42.2. The van der Waals surface area contributed by atoms with Gasteiger partial charge >= 0.3 is 18.2 Å². The van der Waals surface area contributed by atoms with Gasteiger partial charge in [-0.15, -0.1) is 0 Å². The Kier molecular flexibility index (Phi) is 14.2. The second-order valence-electron chi connectivity index (χ2n) is 13.3. The summed E-state index contributed by atoms with van der Waals surface area (Å²) in [7, 11) is -2.53. The predicted octanol–water partition coefficient (Wildman–Crippen LogP) is 7.48. The molecule has 4 N–H and O–H groups in total. The van der Waals surface area contributed by atoms with Gasteiger partial charge in [0.2, 0.25) is 6.10 Å². The lowest BCUT2D eigenvalue weighted by molar-refractivity contribution is -0.192. The number of rotatable bonds is 12. The van der Waals surface area contributed by atoms with E-state index in [-0.39, 0.29) is 16.9 Å². The van der Waals surface area contributed by atoms with Gasteiger partial charge in [-0.2, -0.15) is 13.2 Å². The van der Waals surface area contributed by atoms with E-state index in [4.69, 9.17) is 34.6 Å². The number of nitrogens with zero attached hydrogens (tertiary/aromatic N) is 2. The van der Waals surface area contributed by atoms with Crippen molar-refractivity contribution in [2.45, 2.75) is 82.0 Å². The molecule has 2 heterocycles. The van der Waals surface area contributed by atoms with Crippen molar-refractivity contribution in [2.75, 3.05) is 31.3 Å². The number of methoxy groups -OCH3 is 1. The maximum absolute atomic E-state index is 14.8. The van der Waals surface area contributed by atoms with Crippen molar-refractivity contribution in [1.29, 1.82) is 0 Å². The summed E-state index contributed by atoms with van der Waals surface area (Å²) in [5.41, 5.74) is 7.35. The van der Waals surface area contributed by atoms with Gasteiger partial charge < -0.3 is 34.7 Å². The lowest BCUT2D eigenvalue weighted by Crippen LogP contribution is -2.37. The Labute approximate surface area is 328 Å². The van der Waals surface area contributed by atoms with E-state index in [0.717, 1.165) is 10.8 Å². The molecule has 1 aromatic heterocycles. The lowest BCUT2D eigenvalue weighted by Gasteiger charge is -2.31. The minimum absolute atomic E-state index is 0.0969. The summed E-state index contributed by atoms with van der Waals surface area (Å²) in [6.07, 6.45) is -4.33. The van der Waals surface area contributed by atoms with Crippen LogP contribution in [0.2, 0.25) is 0 Å². The first-order valence-corrected chi connectivity index (χ1v) is 19.4. The van der Waals surface area contributed by atoms with E-state index in [9.17, 15) is 31.2 Å². The maximum Gasteiger partial charge on any atom is 0.490 e. The molecule has 0 spiro atoms. The van der Waals surface area contributed by atoms with Crippen molar-refractivity contribution in [2.24, 2.45) is 0 Å². The number of carbonyl (C=O) groups excluding carboxylic acids is 2. The molecule has 5 rings (SSSR count). The van der Waals surface area contributed by atoms with Crippen LogP contribution in [0.3, 0.4) is 0 Å². The van der Waals surface area contributed by atoms with Crippen LogP contribution in [0.4, 0.5) is 29.5 Å². The molecule has 18 heteroatoms. The molecule has 0 saturated carbocycles. The number of hydrogen-bond donors (Lipinski definition) is 3. The predicted molar refractivity (Wildman–Crippen MR) is 205 cm³/mol. The van der Waals surface area contributed by atoms with Crippen molar-refractivity contribution < 1.29 is 60.0 Å². The number of anilines is 2. The Hall–Kier alpha value is -5.78. The second-order valence-corrected chi connectivity index (χ2v) is 15.8. The molecule has 1 aliphatic rings. The zero-order valence-electron chi connectivity index (χ0n) is 32.1. The topological polar surface area (TPSA) is 197 Å². The maximum atomic E-state index is 14.8. The number of carboxylic acid groups (broad SMARTS) is 1. The Bertz CT molecular complexity index is 2200. The summed E-state index contributed by atoms with van der Waals surface area (Å²) in [6.45, 7) is 9.63. The molecule has 3 aromatic carbocycles. The first kappa shape index (κ1) is 43.9. The van der Waals surface area contributed by atoms with E-state index >= 15 is 0 Å². The molecule has 2 amide bonds. The number of nitrogen functional groups attached to an aromatic ring is 1. The van der Waals surface area contributed by atoms with Crippen LogP contribution in [0, 0.1) is 0 Å². The molecule has 0 radical (unpaired) electrons. The minimum Gasteiger partial charge on any atom is -0.490 e. The van der Waals surface area contributed by atoms with Gasteiger partial charge in [-0.1, -0.05) is 6.07 Å². The van der Waals surface area contributed by atoms with Crippen LogP contribution >= 0.6 is 0 Å². The average molecular weight is 819 g/mol. The van der Waals surface area contributed by atoms with E-state index in [1.165, 1.54) is 19.2 Å². The van der Waals surface area contributed by atoms with Crippen LogP contribution in [0.25, 0.3) is 10.8 Å². The van der Waals surface area contributed by atoms with E-state index in [0.29, 0.717) is 65.9 Å². The fourth-order valence-electron chi connectivity index (χ4n) is 6.03. The Morgan fingerprint density at radius 1 is 1.00 bits per heavy atom. The van der Waals surface area contributed by atoms with Gasteiger partial charge in [-0.05, 0) is 113 Å². The average Bonchev–Trinajstić information content (AvgIpc) is 3.64. The monoisotopic (exact) mass is 818 g/mol. The number of fused-ring (bicyclic) bond motifs is 1. The van der Waals surface area contributed by atoms with Crippen LogP contribution in [-0.2, 0) is 24.2 Å². The smallest absolute Gasteiger partial charge is 0.490 e. The number of carbonyl (C=O) groups is 3. The molecule has 57 heavy (non-hydrogen) atoms. The molecular weight excluding hydrogens is 774 g/mol. The molecule has 4 aromatic rings. The highest BCUT2D eigenvalue weighted by Gasteiger charge is 2.40. The number of nitrogens with two attached hydrogens (primary N) is 1. The third-order valence-corrected chi connectivity index (χ3v) is 10.9. The number of pyridine rings is 1. The largest absolute Gasteiger partial charge is 0.490 e. The van der Waals surface area contributed by atoms with Crippen LogP contribution in [0.1, 0.15) is 70.7 Å². The van der Waals surface area contributed by atoms with Gasteiger partial charge in [0, 0.05) is 29.4 Å². The van der Waals surface area contributed by atoms with E-state index in [1.807, 2.05) is 26.8 Å². The molecule has 308 valence electrons. The number of nitrogens with one attached hydrogen (secondary N) is 1. The molecule has 1 saturated heterocycles. The fraction of sp³-hybridized carbons (Fsp3) is 0.385. The van der Waals surface area contributed by atoms with Gasteiger partial charge in [0.05, 0.1) is 36.0 Å². The minimum atomic E-state index is -5.08. The highest BCUT2D eigenvalue weighted by molar-refractivity contribution is 7.92. The number of halogens is 3. The fourth-order valence-corrected chi connectivity index (χ4v) is 7.32. The molecular formula is C39H45F3N4O10S. The highest BCUT2D eigenvalue weighted by Crippen LogP contribution is 2.41. The summed E-state index contributed by atoms with van der Waals surface area (Å²) in [5, 5.41) is 10.6. The van der Waals surface area contributed by atoms with Gasteiger partial charge in [0.1, 0.15) is 11.6 Å². The van der Waals surface area contributed by atoms with E-state index < -0.39 is 45.5 Å². The van der Waals surface area contributed by atoms with Gasteiger partial charge in [-0.25, -0.2) is 23.0 Å². The standard InChI is InChI=1S/C37H44N4O8S.C2HF3O2/c1-7-47-32-20-25(10-14-31(32)48-22(2)3)34(49-27-12-13-28-24(19-27)16-17-39-35(28)38)36(42)41-18-8-9-30(41)29-21-26(40-37(43)46-6)11-15-33(29)50(44,45)23(4)5;3-2(4,5)1(6)7/h10-17,19-23,30,34H,7-9,18H2,1-6H3,(H2,38,39)(H,40,43);(H,6,7)/t30-,34-;/m1./s1. The van der Waals surface area contributed by atoms with Crippen LogP contribution in [0.15, 0.2) is 71.8 Å². The number of likely N-dealkylation sites (tertiary alicyclic amines) is 1. The number of aromatic nitrogens is 1. The van der Waals surface area contributed by atoms with Crippen molar-refractivity contribution in [3.05, 3.63) is 78.0 Å². The number of hydrogen-bond acceptors (Lipinski definition) is 11. The third kappa shape index (κ3) is 10.8. The van der Waals surface area contributed by atoms with Crippen LogP contribution in [-0.4, -0.2) is 79.2 Å². The first-order chi connectivity index (χ1) is 26.8. The van der Waals surface area contributed by atoms with Crippen molar-refractivity contribution in [3.8, 4) is 17.2 Å². The van der Waals surface area contributed by atoms with Crippen molar-refractivity contribution in [1.82, 2.24) is 9.88 Å². The molecule has 0 aliphatic carbocycles. The third-order valence-electron chi connectivity index (χ3n) is 8.68. The quantitative estimate of drug-likeness (QED) is 0.128. The lowest BCUT2D eigenvalue weighted by atomic mass is 10.0. The number of benzene rings is 3. The van der Waals surface area contributed by atoms with Gasteiger partial charge in [-0.3, -0.25) is 10.1 Å². The molecule has 0 bridgehead atoms. The van der Waals surface area contributed by atoms with Gasteiger partial charge in [0.15, 0.2) is 21.3 Å². The highest BCUT2D eigenvalue weighted by atomic mass is 32.2. The summed E-state index contributed by atoms with van der Waals surface area (Å²) in [4.78, 5) is 41.7. The van der Waals surface area contributed by atoms with Gasteiger partial charge in [0.25, 0.3) is 5.91 Å². The molecule has 1 fully saturated rings. The SMILES string of the molecule is CCOc1cc([C@@H](Oc2ccc3c(N)nccc3c2)C(=O)N2CCC[C@@H]2c2cc(NC(=O)OC)ccc2S(=O)(=O)C(C)C)ccc1OC(C)C.O=C(O)C(F)(F)F. The zero-order valence-corrected chi connectivity index (χ0v) is 32.9. The molecule has 1 aliphatic heterocycles. The first-order valence-electron chi connectivity index (χ1n) is 17.9. The Balaban J connectivity index is 0.000000940. The molecule has 0 unspecified atom stereocenters. The van der Waals surface area contributed by atoms with Crippen molar-refractivity contribution in [3.63, 3.8) is 0 Å². The normalized spacial score (nSPS) is 14.8. The summed E-state index contributed by atoms with van der Waals surface area (Å²) < 4.78 is 82.2. The number of aliphatic carboxylic acids is 1. The Morgan fingerprint density at radius 2 is 1.70 bits per heavy atom.